The molecule has 1 unspecified atom stereocenters. The van der Waals surface area contributed by atoms with Crippen LogP contribution in [0.2, 0.25) is 0 Å². The van der Waals surface area contributed by atoms with E-state index in [-0.39, 0.29) is 23.6 Å². The van der Waals surface area contributed by atoms with Crippen LogP contribution in [0.3, 0.4) is 0 Å². The van der Waals surface area contributed by atoms with Crippen molar-refractivity contribution in [1.82, 2.24) is 20.3 Å². The number of carbonyl (C=O) groups excluding carboxylic acids is 1. The van der Waals surface area contributed by atoms with Gasteiger partial charge in [0.05, 0.1) is 6.04 Å². The number of hydrogen-bond donors (Lipinski definition) is 1. The number of aromatic nitrogens is 3. The molecule has 28 heavy (non-hydrogen) atoms. The second-order valence-corrected chi connectivity index (χ2v) is 8.01. The van der Waals surface area contributed by atoms with E-state index in [0.717, 1.165) is 50.2 Å². The van der Waals surface area contributed by atoms with Crippen LogP contribution in [-0.2, 0) is 0 Å². The fourth-order valence-electron chi connectivity index (χ4n) is 3.71. The molecule has 2 fully saturated rings. The zero-order valence-corrected chi connectivity index (χ0v) is 16.4. The molecule has 1 amide bonds. The molecule has 2 aliphatic rings. The quantitative estimate of drug-likeness (QED) is 0.821. The minimum atomic E-state index is -0.207. The Balaban J connectivity index is 1.44. The van der Waals surface area contributed by atoms with E-state index in [1.54, 1.807) is 18.2 Å². The molecule has 1 aliphatic carbocycles. The van der Waals surface area contributed by atoms with Gasteiger partial charge in [0.25, 0.3) is 11.5 Å². The number of amides is 1. The summed E-state index contributed by atoms with van der Waals surface area (Å²) in [5.41, 5.74) is 0.244. The van der Waals surface area contributed by atoms with Gasteiger partial charge in [0.2, 0.25) is 0 Å². The predicted octanol–water partition coefficient (Wildman–Crippen LogP) is 2.48. The lowest BCUT2D eigenvalue weighted by molar-refractivity contribution is 0.0940. The van der Waals surface area contributed by atoms with Gasteiger partial charge in [-0.2, -0.15) is 5.10 Å². The molecule has 0 radical (unpaired) electrons. The van der Waals surface area contributed by atoms with Crippen LogP contribution in [0.1, 0.15) is 74.2 Å². The molecule has 150 valence electrons. The lowest BCUT2D eigenvalue weighted by atomic mass is 10.0. The van der Waals surface area contributed by atoms with Crippen molar-refractivity contribution in [3.8, 4) is 0 Å². The van der Waals surface area contributed by atoms with Crippen molar-refractivity contribution >= 4 is 11.7 Å². The molecule has 4 rings (SSSR count). The van der Waals surface area contributed by atoms with Crippen LogP contribution < -0.4 is 15.8 Å². The second kappa shape index (κ2) is 7.77. The highest BCUT2D eigenvalue weighted by atomic mass is 16.5. The summed E-state index contributed by atoms with van der Waals surface area (Å²) in [6.07, 6.45) is 5.37. The van der Waals surface area contributed by atoms with Crippen molar-refractivity contribution in [3.63, 3.8) is 0 Å². The maximum atomic E-state index is 12.5. The van der Waals surface area contributed by atoms with Crippen LogP contribution in [0.5, 0.6) is 0 Å². The Morgan fingerprint density at radius 3 is 2.86 bits per heavy atom. The molecule has 1 aliphatic heterocycles. The van der Waals surface area contributed by atoms with Crippen LogP contribution in [-0.4, -0.2) is 40.0 Å². The van der Waals surface area contributed by atoms with Crippen LogP contribution in [0.4, 0.5) is 5.82 Å². The average Bonchev–Trinajstić information content (AvgIpc) is 3.43. The number of anilines is 1. The van der Waals surface area contributed by atoms with Gasteiger partial charge in [-0.25, -0.2) is 4.68 Å². The molecule has 2 aromatic heterocycles. The summed E-state index contributed by atoms with van der Waals surface area (Å²) in [5, 5.41) is 11.4. The number of piperidine rings is 1. The fraction of sp³-hybridized carbons (Fsp3) is 0.600. The van der Waals surface area contributed by atoms with E-state index in [2.05, 4.69) is 20.5 Å². The normalized spacial score (nSPS) is 19.8. The molecular formula is C20H27N5O3. The zero-order chi connectivity index (χ0) is 19.7. The number of hydrogen-bond acceptors (Lipinski definition) is 6. The first-order chi connectivity index (χ1) is 13.5. The highest BCUT2D eigenvalue weighted by Crippen LogP contribution is 2.40. The summed E-state index contributed by atoms with van der Waals surface area (Å²) in [6.45, 7) is 5.26. The second-order valence-electron chi connectivity index (χ2n) is 8.01. The van der Waals surface area contributed by atoms with Gasteiger partial charge in [-0.15, -0.1) is 0 Å². The Morgan fingerprint density at radius 2 is 2.11 bits per heavy atom. The van der Waals surface area contributed by atoms with Gasteiger partial charge >= 0.3 is 0 Å². The molecule has 1 saturated carbocycles. The Labute approximate surface area is 163 Å². The van der Waals surface area contributed by atoms with E-state index in [1.807, 2.05) is 13.8 Å². The summed E-state index contributed by atoms with van der Waals surface area (Å²) < 4.78 is 6.78. The van der Waals surface area contributed by atoms with Crippen molar-refractivity contribution in [2.75, 3.05) is 18.0 Å². The predicted molar refractivity (Wildman–Crippen MR) is 105 cm³/mol. The molecule has 1 saturated heterocycles. The SMILES string of the molecule is CC(C)n1nc(N2CCCCC2CNC(=O)c2cc(C3CC3)on2)ccc1=O. The Kier molecular flexibility index (Phi) is 5.19. The highest BCUT2D eigenvalue weighted by molar-refractivity contribution is 5.92. The third kappa shape index (κ3) is 3.95. The Morgan fingerprint density at radius 1 is 1.29 bits per heavy atom. The molecule has 8 nitrogen and oxygen atoms in total. The van der Waals surface area contributed by atoms with Crippen LogP contribution in [0, 0.1) is 0 Å². The van der Waals surface area contributed by atoms with Gasteiger partial charge < -0.3 is 14.7 Å². The van der Waals surface area contributed by atoms with Crippen LogP contribution in [0.15, 0.2) is 27.5 Å². The Bertz CT molecular complexity index is 899. The molecule has 0 aromatic carbocycles. The summed E-state index contributed by atoms with van der Waals surface area (Å²) in [6, 6.07) is 5.25. The number of nitrogens with zero attached hydrogens (tertiary/aromatic N) is 4. The summed E-state index contributed by atoms with van der Waals surface area (Å²) in [7, 11) is 0. The first-order valence-corrected chi connectivity index (χ1v) is 10.1. The molecule has 0 spiro atoms. The molecule has 0 bridgehead atoms. The molecular weight excluding hydrogens is 358 g/mol. The smallest absolute Gasteiger partial charge is 0.273 e. The van der Waals surface area contributed by atoms with Crippen LogP contribution in [0.25, 0.3) is 0 Å². The van der Waals surface area contributed by atoms with E-state index in [4.69, 9.17) is 4.52 Å². The third-order valence-corrected chi connectivity index (χ3v) is 5.46. The van der Waals surface area contributed by atoms with Crippen LogP contribution >= 0.6 is 0 Å². The van der Waals surface area contributed by atoms with Gasteiger partial charge in [0, 0.05) is 37.2 Å². The molecule has 2 aromatic rings. The summed E-state index contributed by atoms with van der Waals surface area (Å²) in [4.78, 5) is 26.7. The zero-order valence-electron chi connectivity index (χ0n) is 16.4. The van der Waals surface area contributed by atoms with Crippen molar-refractivity contribution in [2.24, 2.45) is 0 Å². The third-order valence-electron chi connectivity index (χ3n) is 5.46. The standard InChI is InChI=1S/C20H27N5O3/c1-13(2)25-19(26)9-8-18(22-25)24-10-4-3-5-15(24)12-21-20(27)16-11-17(28-23-16)14-6-7-14/h8-9,11,13-15H,3-7,10,12H2,1-2H3,(H,21,27). The number of rotatable bonds is 6. The van der Waals surface area contributed by atoms with Gasteiger partial charge in [0.1, 0.15) is 11.6 Å². The Hall–Kier alpha value is -2.64. The maximum Gasteiger partial charge on any atom is 0.273 e. The van der Waals surface area contributed by atoms with E-state index >= 15 is 0 Å². The highest BCUT2D eigenvalue weighted by Gasteiger charge is 2.29. The molecule has 1 atom stereocenters. The van der Waals surface area contributed by atoms with Crippen molar-refractivity contribution in [2.45, 2.75) is 64.0 Å². The summed E-state index contributed by atoms with van der Waals surface area (Å²) >= 11 is 0. The van der Waals surface area contributed by atoms with Gasteiger partial charge in [-0.05, 0) is 52.0 Å². The van der Waals surface area contributed by atoms with Crippen molar-refractivity contribution in [3.05, 3.63) is 40.0 Å². The van der Waals surface area contributed by atoms with E-state index in [0.29, 0.717) is 18.2 Å². The van der Waals surface area contributed by atoms with Gasteiger partial charge in [-0.3, -0.25) is 9.59 Å². The lowest BCUT2D eigenvalue weighted by Gasteiger charge is -2.36. The maximum absolute atomic E-state index is 12.5. The van der Waals surface area contributed by atoms with Gasteiger partial charge in [-0.1, -0.05) is 5.16 Å². The van der Waals surface area contributed by atoms with Crippen molar-refractivity contribution < 1.29 is 9.32 Å². The van der Waals surface area contributed by atoms with E-state index in [9.17, 15) is 9.59 Å². The minimum Gasteiger partial charge on any atom is -0.360 e. The van der Waals surface area contributed by atoms with E-state index < -0.39 is 0 Å². The monoisotopic (exact) mass is 385 g/mol. The largest absolute Gasteiger partial charge is 0.360 e. The number of carbonyl (C=O) groups is 1. The summed E-state index contributed by atoms with van der Waals surface area (Å²) in [5.74, 6) is 1.82. The average molecular weight is 385 g/mol. The molecule has 1 N–H and O–H groups in total. The first-order valence-electron chi connectivity index (χ1n) is 10.1. The minimum absolute atomic E-state index is 0.00298. The molecule has 3 heterocycles. The number of nitrogens with one attached hydrogen (secondary N) is 1. The van der Waals surface area contributed by atoms with Crippen molar-refractivity contribution in [1.29, 1.82) is 0 Å². The first kappa shape index (κ1) is 18.7. The fourth-order valence-corrected chi connectivity index (χ4v) is 3.71. The molecule has 8 heteroatoms. The van der Waals surface area contributed by atoms with E-state index in [1.165, 1.54) is 4.68 Å². The lowest BCUT2D eigenvalue weighted by Crippen LogP contribution is -2.47. The topological polar surface area (TPSA) is 93.3 Å². The van der Waals surface area contributed by atoms with Gasteiger partial charge in [0.15, 0.2) is 5.69 Å².